The Kier molecular flexibility index (Phi) is 6.36. The van der Waals surface area contributed by atoms with E-state index in [1.165, 1.54) is 0 Å². The minimum atomic E-state index is -0.311. The monoisotopic (exact) mass is 481 g/mol. The Balaban J connectivity index is 1.18. The molecule has 2 aromatic carbocycles. The molecule has 2 aromatic heterocycles. The van der Waals surface area contributed by atoms with Crippen LogP contribution in [-0.4, -0.2) is 50.7 Å². The first kappa shape index (κ1) is 23.1. The third kappa shape index (κ3) is 5.05. The lowest BCUT2D eigenvalue weighted by Gasteiger charge is -2.18. The van der Waals surface area contributed by atoms with Crippen molar-refractivity contribution in [2.24, 2.45) is 7.05 Å². The number of nitrogen functional groups attached to an aromatic ring is 1. The molecule has 5 rings (SSSR count). The lowest BCUT2D eigenvalue weighted by Crippen LogP contribution is -2.40. The third-order valence-corrected chi connectivity index (χ3v) is 6.26. The number of aromatic nitrogens is 3. The van der Waals surface area contributed by atoms with Crippen molar-refractivity contribution in [2.75, 3.05) is 24.1 Å². The van der Waals surface area contributed by atoms with Crippen molar-refractivity contribution in [3.05, 3.63) is 84.8 Å². The number of nitrogens with zero attached hydrogens (tertiary/aromatic N) is 4. The van der Waals surface area contributed by atoms with Crippen molar-refractivity contribution >= 4 is 23.4 Å². The summed E-state index contributed by atoms with van der Waals surface area (Å²) in [4.78, 5) is 31.6. The second-order valence-corrected chi connectivity index (χ2v) is 8.84. The average Bonchev–Trinajstić information content (AvgIpc) is 3.54. The second-order valence-electron chi connectivity index (χ2n) is 8.84. The van der Waals surface area contributed by atoms with E-state index in [1.54, 1.807) is 28.0 Å². The zero-order chi connectivity index (χ0) is 25.1. The van der Waals surface area contributed by atoms with E-state index in [0.717, 1.165) is 27.9 Å². The number of carbonyl (C=O) groups is 2. The maximum Gasteiger partial charge on any atom is 0.321 e. The number of benzene rings is 2. The number of nitrogens with two attached hydrogens (primary N) is 1. The van der Waals surface area contributed by atoms with E-state index in [1.807, 2.05) is 67.8 Å². The Labute approximate surface area is 209 Å². The summed E-state index contributed by atoms with van der Waals surface area (Å²) in [5, 5.41) is 10.1. The Morgan fingerprint density at radius 3 is 2.44 bits per heavy atom. The molecule has 3 amide bonds. The van der Waals surface area contributed by atoms with Crippen LogP contribution in [0.3, 0.4) is 0 Å². The van der Waals surface area contributed by atoms with Crippen LogP contribution in [-0.2, 0) is 7.05 Å². The predicted molar refractivity (Wildman–Crippen MR) is 139 cm³/mol. The number of anilines is 2. The molecular weight excluding hydrogens is 454 g/mol. The molecule has 3 heterocycles. The highest BCUT2D eigenvalue weighted by atomic mass is 16.2. The zero-order valence-corrected chi connectivity index (χ0v) is 19.9. The van der Waals surface area contributed by atoms with Crippen LogP contribution in [0.2, 0.25) is 0 Å². The molecule has 1 aliphatic rings. The quantitative estimate of drug-likeness (QED) is 0.401. The fourth-order valence-corrected chi connectivity index (χ4v) is 4.29. The largest absolute Gasteiger partial charge is 0.383 e. The van der Waals surface area contributed by atoms with Gasteiger partial charge in [-0.3, -0.25) is 9.48 Å². The van der Waals surface area contributed by atoms with Crippen LogP contribution in [0.4, 0.5) is 16.3 Å². The summed E-state index contributed by atoms with van der Waals surface area (Å²) in [5.41, 5.74) is 10.8. The van der Waals surface area contributed by atoms with E-state index in [-0.39, 0.29) is 23.8 Å². The van der Waals surface area contributed by atoms with Gasteiger partial charge in [0.25, 0.3) is 5.91 Å². The van der Waals surface area contributed by atoms with Crippen molar-refractivity contribution in [2.45, 2.75) is 12.5 Å². The second kappa shape index (κ2) is 9.91. The first-order valence-electron chi connectivity index (χ1n) is 11.7. The van der Waals surface area contributed by atoms with Crippen LogP contribution >= 0.6 is 0 Å². The summed E-state index contributed by atoms with van der Waals surface area (Å²) < 4.78 is 1.68. The van der Waals surface area contributed by atoms with Crippen molar-refractivity contribution in [3.8, 4) is 22.3 Å². The fourth-order valence-electron chi connectivity index (χ4n) is 4.29. The number of aryl methyl sites for hydroxylation is 1. The summed E-state index contributed by atoms with van der Waals surface area (Å²) in [5.74, 6) is -0.152. The van der Waals surface area contributed by atoms with Gasteiger partial charge in [-0.2, -0.15) is 5.10 Å². The molecule has 0 radical (unpaired) electrons. The molecule has 1 aliphatic heterocycles. The SMILES string of the molecule is Cn1cc(-c2cnc(N)c(C(=O)NC3CCN(C(=O)Nc4ccc(-c5ccccc5)cc4)C3)c2)cn1. The van der Waals surface area contributed by atoms with Crippen LogP contribution in [0.1, 0.15) is 16.8 Å². The molecule has 0 saturated carbocycles. The Morgan fingerprint density at radius 1 is 0.972 bits per heavy atom. The summed E-state index contributed by atoms with van der Waals surface area (Å²) in [6, 6.07) is 19.2. The summed E-state index contributed by atoms with van der Waals surface area (Å²) >= 11 is 0. The van der Waals surface area contributed by atoms with E-state index < -0.39 is 0 Å². The molecule has 0 spiro atoms. The molecule has 1 saturated heterocycles. The number of rotatable bonds is 5. The number of amides is 3. The van der Waals surface area contributed by atoms with E-state index in [4.69, 9.17) is 5.73 Å². The molecule has 4 aromatic rings. The van der Waals surface area contributed by atoms with Gasteiger partial charge in [-0.05, 0) is 35.7 Å². The highest BCUT2D eigenvalue weighted by Gasteiger charge is 2.28. The smallest absolute Gasteiger partial charge is 0.321 e. The van der Waals surface area contributed by atoms with Gasteiger partial charge in [0, 0.05) is 55.4 Å². The molecule has 182 valence electrons. The average molecular weight is 482 g/mol. The normalized spacial score (nSPS) is 15.0. The molecule has 1 atom stereocenters. The van der Waals surface area contributed by atoms with E-state index in [2.05, 4.69) is 20.7 Å². The minimum Gasteiger partial charge on any atom is -0.383 e. The molecular formula is C27H27N7O2. The molecule has 0 bridgehead atoms. The van der Waals surface area contributed by atoms with Crippen molar-refractivity contribution in [1.29, 1.82) is 0 Å². The van der Waals surface area contributed by atoms with Gasteiger partial charge in [0.05, 0.1) is 11.8 Å². The molecule has 0 aliphatic carbocycles. The lowest BCUT2D eigenvalue weighted by molar-refractivity contribution is 0.0938. The maximum absolute atomic E-state index is 13.0. The van der Waals surface area contributed by atoms with Gasteiger partial charge in [-0.1, -0.05) is 42.5 Å². The van der Waals surface area contributed by atoms with Crippen LogP contribution in [0, 0.1) is 0 Å². The molecule has 4 N–H and O–H groups in total. The number of carbonyl (C=O) groups excluding carboxylic acids is 2. The Bertz CT molecular complexity index is 1380. The van der Waals surface area contributed by atoms with Crippen molar-refractivity contribution in [3.63, 3.8) is 0 Å². The number of hydrogen-bond donors (Lipinski definition) is 3. The summed E-state index contributed by atoms with van der Waals surface area (Å²) in [7, 11) is 1.82. The molecule has 1 unspecified atom stereocenters. The van der Waals surface area contributed by atoms with Crippen LogP contribution in [0.25, 0.3) is 22.3 Å². The van der Waals surface area contributed by atoms with Crippen LogP contribution < -0.4 is 16.4 Å². The minimum absolute atomic E-state index is 0.159. The van der Waals surface area contributed by atoms with E-state index >= 15 is 0 Å². The van der Waals surface area contributed by atoms with Gasteiger partial charge < -0.3 is 21.3 Å². The van der Waals surface area contributed by atoms with E-state index in [9.17, 15) is 9.59 Å². The highest BCUT2D eigenvalue weighted by molar-refractivity contribution is 5.99. The topological polar surface area (TPSA) is 118 Å². The first-order chi connectivity index (χ1) is 17.5. The molecule has 9 heteroatoms. The number of urea groups is 1. The first-order valence-corrected chi connectivity index (χ1v) is 11.7. The van der Waals surface area contributed by atoms with Gasteiger partial charge in [0.15, 0.2) is 0 Å². The van der Waals surface area contributed by atoms with Crippen LogP contribution in [0.15, 0.2) is 79.3 Å². The zero-order valence-electron chi connectivity index (χ0n) is 19.9. The summed E-state index contributed by atoms with van der Waals surface area (Å²) in [6.45, 7) is 0.956. The van der Waals surface area contributed by atoms with Crippen molar-refractivity contribution < 1.29 is 9.59 Å². The van der Waals surface area contributed by atoms with Gasteiger partial charge >= 0.3 is 6.03 Å². The molecule has 9 nitrogen and oxygen atoms in total. The van der Waals surface area contributed by atoms with E-state index in [0.29, 0.717) is 25.1 Å². The lowest BCUT2D eigenvalue weighted by atomic mass is 10.1. The van der Waals surface area contributed by atoms with Crippen LogP contribution in [0.5, 0.6) is 0 Å². The highest BCUT2D eigenvalue weighted by Crippen LogP contribution is 2.23. The number of pyridine rings is 1. The van der Waals surface area contributed by atoms with Gasteiger partial charge in [-0.15, -0.1) is 0 Å². The van der Waals surface area contributed by atoms with Gasteiger partial charge in [-0.25, -0.2) is 9.78 Å². The third-order valence-electron chi connectivity index (χ3n) is 6.26. The number of nitrogens with one attached hydrogen (secondary N) is 2. The number of hydrogen-bond acceptors (Lipinski definition) is 5. The van der Waals surface area contributed by atoms with Gasteiger partial charge in [0.1, 0.15) is 5.82 Å². The standard InChI is InChI=1S/C27H27N7O2/c1-33-16-21(15-30-33)20-13-24(25(28)29-14-20)26(35)31-23-11-12-34(17-23)27(36)32-22-9-7-19(8-10-22)18-5-3-2-4-6-18/h2-10,13-16,23H,11-12,17H2,1H3,(H2,28,29)(H,31,35)(H,32,36). The fraction of sp³-hybridized carbons (Fsp3) is 0.185. The summed E-state index contributed by atoms with van der Waals surface area (Å²) in [6.07, 6.45) is 5.83. The Morgan fingerprint density at radius 2 is 1.72 bits per heavy atom. The molecule has 36 heavy (non-hydrogen) atoms. The van der Waals surface area contributed by atoms with Crippen molar-refractivity contribution in [1.82, 2.24) is 25.0 Å². The Hall–Kier alpha value is -4.66. The predicted octanol–water partition coefficient (Wildman–Crippen LogP) is 3.77. The number of likely N-dealkylation sites (tertiary alicyclic amines) is 1. The van der Waals surface area contributed by atoms with Gasteiger partial charge in [0.2, 0.25) is 0 Å². The maximum atomic E-state index is 13.0. The molecule has 1 fully saturated rings.